The highest BCUT2D eigenvalue weighted by Gasteiger charge is 2.33. The van der Waals surface area contributed by atoms with E-state index in [2.05, 4.69) is 5.32 Å². The van der Waals surface area contributed by atoms with Crippen LogP contribution < -0.4 is 9.62 Å². The minimum atomic E-state index is -3.80. The smallest absolute Gasteiger partial charge is 0.244 e. The minimum Gasteiger partial charge on any atom is -0.352 e. The minimum absolute atomic E-state index is 0.0789. The summed E-state index contributed by atoms with van der Waals surface area (Å²) in [4.78, 5) is 29.4. The van der Waals surface area contributed by atoms with E-state index < -0.39 is 28.5 Å². The summed E-state index contributed by atoms with van der Waals surface area (Å²) in [7, 11) is -3.80. The SMILES string of the molecule is CC[C@@H](C)NC(=O)[C@@H](Cc1ccccc1)N(Cc1cccc(C)c1)C(=O)CN(c1ccc(C)c(C)c1)S(C)(=O)=O. The highest BCUT2D eigenvalue weighted by atomic mass is 32.2. The molecule has 40 heavy (non-hydrogen) atoms. The molecule has 0 heterocycles. The summed E-state index contributed by atoms with van der Waals surface area (Å²) in [6.07, 6.45) is 2.13. The molecule has 0 radical (unpaired) electrons. The standard InChI is InChI=1S/C32H41N3O4S/c1-7-26(5)33-32(37)30(20-27-13-9-8-10-14-27)34(21-28-15-11-12-23(2)18-28)31(36)22-35(40(6,38)39)29-17-16-24(3)25(4)19-29/h8-19,26,30H,7,20-22H2,1-6H3,(H,33,37)/t26-,30-/m1/s1. The van der Waals surface area contributed by atoms with Crippen molar-refractivity contribution in [1.82, 2.24) is 10.2 Å². The number of benzene rings is 3. The Bertz CT molecular complexity index is 1420. The Morgan fingerprint density at radius 1 is 0.875 bits per heavy atom. The second-order valence-corrected chi connectivity index (χ2v) is 12.5. The Balaban J connectivity index is 2.07. The third kappa shape index (κ3) is 8.42. The van der Waals surface area contributed by atoms with Gasteiger partial charge in [0, 0.05) is 19.0 Å². The van der Waals surface area contributed by atoms with Gasteiger partial charge in [-0.1, -0.05) is 73.2 Å². The van der Waals surface area contributed by atoms with E-state index in [1.54, 1.807) is 12.1 Å². The molecule has 7 nitrogen and oxygen atoms in total. The van der Waals surface area contributed by atoms with E-state index in [4.69, 9.17) is 0 Å². The average Bonchev–Trinajstić information content (AvgIpc) is 2.90. The molecule has 0 aliphatic heterocycles. The maximum Gasteiger partial charge on any atom is 0.244 e. The zero-order valence-corrected chi connectivity index (χ0v) is 25.2. The lowest BCUT2D eigenvalue weighted by atomic mass is 10.0. The largest absolute Gasteiger partial charge is 0.352 e. The number of hydrogen-bond acceptors (Lipinski definition) is 4. The zero-order valence-electron chi connectivity index (χ0n) is 24.3. The van der Waals surface area contributed by atoms with Crippen LogP contribution >= 0.6 is 0 Å². The Morgan fingerprint density at radius 3 is 2.15 bits per heavy atom. The maximum absolute atomic E-state index is 14.1. The summed E-state index contributed by atoms with van der Waals surface area (Å²) >= 11 is 0. The van der Waals surface area contributed by atoms with E-state index in [0.29, 0.717) is 12.1 Å². The van der Waals surface area contributed by atoms with E-state index in [-0.39, 0.29) is 18.5 Å². The lowest BCUT2D eigenvalue weighted by molar-refractivity contribution is -0.140. The molecule has 0 aliphatic rings. The van der Waals surface area contributed by atoms with Crippen molar-refractivity contribution in [3.05, 3.63) is 101 Å². The molecule has 0 spiro atoms. The van der Waals surface area contributed by atoms with Crippen LogP contribution in [0.2, 0.25) is 0 Å². The van der Waals surface area contributed by atoms with Crippen LogP contribution in [0.5, 0.6) is 0 Å². The first kappa shape index (κ1) is 30.9. The number of hydrogen-bond donors (Lipinski definition) is 1. The van der Waals surface area contributed by atoms with E-state index in [1.807, 2.05) is 95.3 Å². The number of anilines is 1. The molecule has 0 aliphatic carbocycles. The lowest BCUT2D eigenvalue weighted by Gasteiger charge is -2.34. The quantitative estimate of drug-likeness (QED) is 0.339. The monoisotopic (exact) mass is 563 g/mol. The second kappa shape index (κ2) is 13.6. The van der Waals surface area contributed by atoms with Crippen LogP contribution in [0, 0.1) is 20.8 Å². The third-order valence-electron chi connectivity index (χ3n) is 7.17. The fraction of sp³-hybridized carbons (Fsp3) is 0.375. The number of carbonyl (C=O) groups is 2. The van der Waals surface area contributed by atoms with Crippen LogP contribution in [0.25, 0.3) is 0 Å². The summed E-state index contributed by atoms with van der Waals surface area (Å²) in [5, 5.41) is 3.05. The third-order valence-corrected chi connectivity index (χ3v) is 8.31. The summed E-state index contributed by atoms with van der Waals surface area (Å²) in [6, 6.07) is 21.7. The number of amides is 2. The number of nitrogens with one attached hydrogen (secondary N) is 1. The molecule has 214 valence electrons. The molecule has 2 amide bonds. The molecule has 0 saturated carbocycles. The van der Waals surface area contributed by atoms with Gasteiger partial charge in [0.1, 0.15) is 12.6 Å². The fourth-order valence-corrected chi connectivity index (χ4v) is 5.34. The molecule has 0 aromatic heterocycles. The number of carbonyl (C=O) groups excluding carboxylic acids is 2. The van der Waals surface area contributed by atoms with Gasteiger partial charge in [0.15, 0.2) is 0 Å². The highest BCUT2D eigenvalue weighted by Crippen LogP contribution is 2.23. The molecule has 0 bridgehead atoms. The van der Waals surface area contributed by atoms with Crippen molar-refractivity contribution in [2.75, 3.05) is 17.1 Å². The van der Waals surface area contributed by atoms with Crippen LogP contribution in [0.3, 0.4) is 0 Å². The van der Waals surface area contributed by atoms with Gasteiger partial charge in [-0.25, -0.2) is 8.42 Å². The molecule has 2 atom stereocenters. The van der Waals surface area contributed by atoms with Crippen molar-refractivity contribution in [2.45, 2.75) is 66.1 Å². The Hall–Kier alpha value is -3.65. The van der Waals surface area contributed by atoms with Crippen LogP contribution in [0.4, 0.5) is 5.69 Å². The number of aryl methyl sites for hydroxylation is 3. The first-order valence-corrected chi connectivity index (χ1v) is 15.5. The topological polar surface area (TPSA) is 86.8 Å². The molecule has 0 saturated heterocycles. The van der Waals surface area contributed by atoms with Crippen LogP contribution in [0.1, 0.15) is 48.1 Å². The van der Waals surface area contributed by atoms with Crippen LogP contribution in [-0.4, -0.2) is 50.0 Å². The van der Waals surface area contributed by atoms with Gasteiger partial charge < -0.3 is 10.2 Å². The zero-order chi connectivity index (χ0) is 29.4. The maximum atomic E-state index is 14.1. The van der Waals surface area contributed by atoms with Crippen molar-refractivity contribution in [1.29, 1.82) is 0 Å². The average molecular weight is 564 g/mol. The Morgan fingerprint density at radius 2 is 1.55 bits per heavy atom. The van der Waals surface area contributed by atoms with Gasteiger partial charge in [-0.3, -0.25) is 13.9 Å². The van der Waals surface area contributed by atoms with E-state index in [9.17, 15) is 18.0 Å². The second-order valence-electron chi connectivity index (χ2n) is 10.6. The molecule has 3 aromatic carbocycles. The van der Waals surface area contributed by atoms with Gasteiger partial charge >= 0.3 is 0 Å². The predicted molar refractivity (Wildman–Crippen MR) is 162 cm³/mol. The van der Waals surface area contributed by atoms with Crippen molar-refractivity contribution in [3.63, 3.8) is 0 Å². The number of nitrogens with zero attached hydrogens (tertiary/aromatic N) is 2. The van der Waals surface area contributed by atoms with Crippen molar-refractivity contribution >= 4 is 27.5 Å². The molecular formula is C32H41N3O4S. The summed E-state index contributed by atoms with van der Waals surface area (Å²) < 4.78 is 27.0. The molecular weight excluding hydrogens is 522 g/mol. The van der Waals surface area contributed by atoms with Gasteiger partial charge in [0.25, 0.3) is 0 Å². The van der Waals surface area contributed by atoms with Gasteiger partial charge in [-0.05, 0) is 68.5 Å². The highest BCUT2D eigenvalue weighted by molar-refractivity contribution is 7.92. The summed E-state index contributed by atoms with van der Waals surface area (Å²) in [5.41, 5.74) is 5.15. The number of sulfonamides is 1. The van der Waals surface area contributed by atoms with Crippen molar-refractivity contribution < 1.29 is 18.0 Å². The van der Waals surface area contributed by atoms with E-state index in [0.717, 1.165) is 44.8 Å². The lowest BCUT2D eigenvalue weighted by Crippen LogP contribution is -2.54. The summed E-state index contributed by atoms with van der Waals surface area (Å²) in [5.74, 6) is -0.721. The van der Waals surface area contributed by atoms with Gasteiger partial charge in [0.05, 0.1) is 11.9 Å². The Labute approximate surface area is 239 Å². The molecule has 1 N–H and O–H groups in total. The van der Waals surface area contributed by atoms with Crippen molar-refractivity contribution in [2.24, 2.45) is 0 Å². The van der Waals surface area contributed by atoms with E-state index in [1.165, 1.54) is 4.90 Å². The molecule has 0 fully saturated rings. The molecule has 0 unspecified atom stereocenters. The Kier molecular flexibility index (Phi) is 10.5. The van der Waals surface area contributed by atoms with Gasteiger partial charge in [-0.2, -0.15) is 0 Å². The molecule has 3 rings (SSSR count). The fourth-order valence-electron chi connectivity index (χ4n) is 4.50. The van der Waals surface area contributed by atoms with Crippen LogP contribution in [-0.2, 0) is 32.6 Å². The first-order valence-electron chi connectivity index (χ1n) is 13.6. The van der Waals surface area contributed by atoms with Crippen molar-refractivity contribution in [3.8, 4) is 0 Å². The predicted octanol–water partition coefficient (Wildman–Crippen LogP) is 4.93. The number of rotatable bonds is 12. The molecule has 8 heteroatoms. The van der Waals surface area contributed by atoms with Crippen LogP contribution in [0.15, 0.2) is 72.8 Å². The van der Waals surface area contributed by atoms with E-state index >= 15 is 0 Å². The van der Waals surface area contributed by atoms with Gasteiger partial charge in [0.2, 0.25) is 21.8 Å². The summed E-state index contributed by atoms with van der Waals surface area (Å²) in [6.45, 7) is 9.47. The normalized spacial score (nSPS) is 12.8. The first-order chi connectivity index (χ1) is 18.9. The van der Waals surface area contributed by atoms with Gasteiger partial charge in [-0.15, -0.1) is 0 Å². The molecule has 3 aromatic rings.